The summed E-state index contributed by atoms with van der Waals surface area (Å²) in [5, 5.41) is 5.87. The van der Waals surface area contributed by atoms with Crippen molar-refractivity contribution in [3.63, 3.8) is 0 Å². The van der Waals surface area contributed by atoms with Gasteiger partial charge in [0.05, 0.1) is 5.56 Å². The third kappa shape index (κ3) is 4.81. The van der Waals surface area contributed by atoms with E-state index in [0.29, 0.717) is 43.2 Å². The third-order valence-electron chi connectivity index (χ3n) is 4.22. The van der Waals surface area contributed by atoms with Crippen LogP contribution in [0.3, 0.4) is 0 Å². The summed E-state index contributed by atoms with van der Waals surface area (Å²) in [4.78, 5) is 42.1. The first-order valence-corrected chi connectivity index (χ1v) is 8.64. The van der Waals surface area contributed by atoms with Gasteiger partial charge in [-0.2, -0.15) is 0 Å². The Kier molecular flexibility index (Phi) is 5.65. The van der Waals surface area contributed by atoms with E-state index in [1.165, 1.54) is 13.1 Å². The van der Waals surface area contributed by atoms with Crippen LogP contribution in [-0.2, 0) is 9.59 Å². The van der Waals surface area contributed by atoms with Crippen LogP contribution in [0.5, 0.6) is 0 Å². The molecule has 0 aliphatic carbocycles. The van der Waals surface area contributed by atoms with Gasteiger partial charge in [-0.15, -0.1) is 0 Å². The summed E-state index contributed by atoms with van der Waals surface area (Å²) in [6.07, 6.45) is 2.35. The van der Waals surface area contributed by atoms with Crippen LogP contribution in [0.1, 0.15) is 17.3 Å². The monoisotopic (exact) mass is 367 g/mol. The molecule has 2 aromatic rings. The van der Waals surface area contributed by atoms with Gasteiger partial charge in [-0.1, -0.05) is 6.07 Å². The van der Waals surface area contributed by atoms with E-state index in [1.54, 1.807) is 34.1 Å². The maximum atomic E-state index is 12.5. The first-order valence-electron chi connectivity index (χ1n) is 8.64. The Hall–Kier alpha value is -3.42. The zero-order valence-electron chi connectivity index (χ0n) is 15.0. The maximum Gasteiger partial charge on any atom is 0.255 e. The second-order valence-electron chi connectivity index (χ2n) is 6.25. The van der Waals surface area contributed by atoms with E-state index < -0.39 is 0 Å². The minimum Gasteiger partial charge on any atom is -0.342 e. The highest BCUT2D eigenvalue weighted by Gasteiger charge is 2.21. The van der Waals surface area contributed by atoms with Crippen molar-refractivity contribution in [2.24, 2.45) is 0 Å². The summed E-state index contributed by atoms with van der Waals surface area (Å²) in [5.74, 6) is 0.367. The van der Waals surface area contributed by atoms with Crippen molar-refractivity contribution < 1.29 is 14.4 Å². The summed E-state index contributed by atoms with van der Waals surface area (Å²) in [5.41, 5.74) is 1.97. The number of piperazine rings is 1. The van der Waals surface area contributed by atoms with Crippen molar-refractivity contribution in [2.45, 2.75) is 6.92 Å². The fourth-order valence-corrected chi connectivity index (χ4v) is 2.83. The molecule has 0 radical (unpaired) electrons. The topological polar surface area (TPSA) is 94.6 Å². The molecule has 2 N–H and O–H groups in total. The predicted molar refractivity (Wildman–Crippen MR) is 102 cm³/mol. The van der Waals surface area contributed by atoms with Crippen LogP contribution in [0.15, 0.2) is 42.6 Å². The Balaban J connectivity index is 1.63. The van der Waals surface area contributed by atoms with Gasteiger partial charge < -0.3 is 20.4 Å². The highest BCUT2D eigenvalue weighted by Crippen LogP contribution is 2.19. The molecule has 8 heteroatoms. The number of benzene rings is 1. The Morgan fingerprint density at radius 3 is 2.44 bits per heavy atom. The number of nitrogens with zero attached hydrogens (tertiary/aromatic N) is 3. The van der Waals surface area contributed by atoms with Crippen LogP contribution in [-0.4, -0.2) is 59.2 Å². The molecule has 27 heavy (non-hydrogen) atoms. The van der Waals surface area contributed by atoms with Gasteiger partial charge >= 0.3 is 0 Å². The van der Waals surface area contributed by atoms with Crippen LogP contribution in [0.2, 0.25) is 0 Å². The molecule has 0 spiro atoms. The molecular formula is C19H21N5O3. The van der Waals surface area contributed by atoms with Crippen molar-refractivity contribution in [3.8, 4) is 0 Å². The van der Waals surface area contributed by atoms with E-state index in [2.05, 4.69) is 15.6 Å². The van der Waals surface area contributed by atoms with Crippen LogP contribution >= 0.6 is 0 Å². The lowest BCUT2D eigenvalue weighted by Crippen LogP contribution is -2.48. The first kappa shape index (κ1) is 18.4. The lowest BCUT2D eigenvalue weighted by Gasteiger charge is -2.32. The fraction of sp³-hybridized carbons (Fsp3) is 0.263. The quantitative estimate of drug-likeness (QED) is 0.785. The molecule has 0 unspecified atom stereocenters. The SMILES string of the molecule is CC(=O)Nc1cccc(Nc2ccc(C(=O)N3CCN(C=O)CC3)cn2)c1. The van der Waals surface area contributed by atoms with Crippen molar-refractivity contribution in [1.29, 1.82) is 0 Å². The van der Waals surface area contributed by atoms with Gasteiger partial charge in [-0.25, -0.2) is 4.98 Å². The molecule has 0 atom stereocenters. The van der Waals surface area contributed by atoms with E-state index in [9.17, 15) is 14.4 Å². The Labute approximate surface area is 157 Å². The Morgan fingerprint density at radius 2 is 1.81 bits per heavy atom. The van der Waals surface area contributed by atoms with Crippen molar-refractivity contribution in [3.05, 3.63) is 48.2 Å². The lowest BCUT2D eigenvalue weighted by atomic mass is 10.2. The number of amides is 3. The zero-order chi connectivity index (χ0) is 19.2. The minimum atomic E-state index is -0.137. The molecule has 1 aromatic carbocycles. The van der Waals surface area contributed by atoms with Gasteiger partial charge in [-0.05, 0) is 30.3 Å². The number of hydrogen-bond donors (Lipinski definition) is 2. The average molecular weight is 367 g/mol. The number of rotatable bonds is 5. The number of nitrogens with one attached hydrogen (secondary N) is 2. The van der Waals surface area contributed by atoms with E-state index in [1.807, 2.05) is 12.1 Å². The maximum absolute atomic E-state index is 12.5. The second kappa shape index (κ2) is 8.31. The normalized spacial score (nSPS) is 13.8. The van der Waals surface area contributed by atoms with Crippen LogP contribution in [0.25, 0.3) is 0 Å². The molecule has 1 aliphatic rings. The molecule has 1 aliphatic heterocycles. The number of carbonyl (C=O) groups is 3. The number of carbonyl (C=O) groups excluding carboxylic acids is 3. The number of anilines is 3. The average Bonchev–Trinajstić information content (AvgIpc) is 2.68. The molecule has 3 amide bonds. The summed E-state index contributed by atoms with van der Waals surface area (Å²) in [6, 6.07) is 10.7. The van der Waals surface area contributed by atoms with Crippen LogP contribution in [0, 0.1) is 0 Å². The van der Waals surface area contributed by atoms with Gasteiger partial charge in [0.15, 0.2) is 0 Å². The summed E-state index contributed by atoms with van der Waals surface area (Å²) in [6.45, 7) is 3.59. The largest absolute Gasteiger partial charge is 0.342 e. The second-order valence-corrected chi connectivity index (χ2v) is 6.25. The van der Waals surface area contributed by atoms with E-state index >= 15 is 0 Å². The molecule has 1 fully saturated rings. The number of pyridine rings is 1. The smallest absolute Gasteiger partial charge is 0.255 e. The van der Waals surface area contributed by atoms with Gasteiger partial charge in [0.1, 0.15) is 5.82 Å². The van der Waals surface area contributed by atoms with Crippen molar-refractivity contribution in [2.75, 3.05) is 36.8 Å². The highest BCUT2D eigenvalue weighted by atomic mass is 16.2. The molecular weight excluding hydrogens is 346 g/mol. The highest BCUT2D eigenvalue weighted by molar-refractivity contribution is 5.94. The van der Waals surface area contributed by atoms with Gasteiger partial charge in [0, 0.05) is 50.7 Å². The van der Waals surface area contributed by atoms with E-state index in [-0.39, 0.29) is 11.8 Å². The Morgan fingerprint density at radius 1 is 1.07 bits per heavy atom. The third-order valence-corrected chi connectivity index (χ3v) is 4.22. The molecule has 2 heterocycles. The van der Waals surface area contributed by atoms with Crippen LogP contribution in [0.4, 0.5) is 17.2 Å². The standard InChI is InChI=1S/C19H21N5O3/c1-14(26)21-16-3-2-4-17(11-16)22-18-6-5-15(12-20-18)19(27)24-9-7-23(13-25)8-10-24/h2-6,11-13H,7-10H2,1H3,(H,20,22)(H,21,26). The first-order chi connectivity index (χ1) is 13.0. The van der Waals surface area contributed by atoms with Gasteiger partial charge in [0.25, 0.3) is 5.91 Å². The van der Waals surface area contributed by atoms with Gasteiger partial charge in [0.2, 0.25) is 12.3 Å². The van der Waals surface area contributed by atoms with Crippen molar-refractivity contribution in [1.82, 2.24) is 14.8 Å². The molecule has 0 saturated carbocycles. The molecule has 1 saturated heterocycles. The fourth-order valence-electron chi connectivity index (χ4n) is 2.83. The predicted octanol–water partition coefficient (Wildman–Crippen LogP) is 1.70. The minimum absolute atomic E-state index is 0.0905. The van der Waals surface area contributed by atoms with Gasteiger partial charge in [-0.3, -0.25) is 14.4 Å². The summed E-state index contributed by atoms with van der Waals surface area (Å²) in [7, 11) is 0. The Bertz CT molecular complexity index is 829. The number of hydrogen-bond acceptors (Lipinski definition) is 5. The van der Waals surface area contributed by atoms with Crippen LogP contribution < -0.4 is 10.6 Å². The number of aromatic nitrogens is 1. The summed E-state index contributed by atoms with van der Waals surface area (Å²) < 4.78 is 0. The van der Waals surface area contributed by atoms with Crippen molar-refractivity contribution >= 4 is 35.4 Å². The summed E-state index contributed by atoms with van der Waals surface area (Å²) >= 11 is 0. The lowest BCUT2D eigenvalue weighted by molar-refractivity contribution is -0.119. The molecule has 1 aromatic heterocycles. The molecule has 0 bridgehead atoms. The zero-order valence-corrected chi connectivity index (χ0v) is 15.0. The van der Waals surface area contributed by atoms with E-state index in [0.717, 1.165) is 12.1 Å². The molecule has 8 nitrogen and oxygen atoms in total. The van der Waals surface area contributed by atoms with E-state index in [4.69, 9.17) is 0 Å². The molecule has 140 valence electrons. The molecule has 3 rings (SSSR count).